The summed E-state index contributed by atoms with van der Waals surface area (Å²) in [5, 5.41) is 17.8. The Hall–Kier alpha value is -2.40. The van der Waals surface area contributed by atoms with Gasteiger partial charge in [-0.2, -0.15) is 0 Å². The lowest BCUT2D eigenvalue weighted by molar-refractivity contribution is -0.144. The molecule has 4 N–H and O–H groups in total. The van der Waals surface area contributed by atoms with Gasteiger partial charge in [0, 0.05) is 25.7 Å². The van der Waals surface area contributed by atoms with Crippen molar-refractivity contribution in [1.29, 1.82) is 0 Å². The zero-order chi connectivity index (χ0) is 27.3. The quantitative estimate of drug-likeness (QED) is 0.362. The van der Waals surface area contributed by atoms with Gasteiger partial charge in [-0.3, -0.25) is 24.6 Å². The molecule has 1 aliphatic rings. The number of aliphatic hydroxyl groups excluding tert-OH is 1. The molecule has 1 heterocycles. The van der Waals surface area contributed by atoms with E-state index in [0.29, 0.717) is 6.42 Å². The van der Waals surface area contributed by atoms with Crippen molar-refractivity contribution in [2.45, 2.75) is 105 Å². The van der Waals surface area contributed by atoms with E-state index in [4.69, 9.17) is 4.74 Å². The van der Waals surface area contributed by atoms with Gasteiger partial charge in [0.2, 0.25) is 17.7 Å². The van der Waals surface area contributed by atoms with Crippen LogP contribution in [0.2, 0.25) is 0 Å². The summed E-state index contributed by atoms with van der Waals surface area (Å²) in [5.74, 6) is -1.20. The largest absolute Gasteiger partial charge is 0.444 e. The summed E-state index contributed by atoms with van der Waals surface area (Å²) in [6.45, 7) is 15.8. The highest BCUT2D eigenvalue weighted by Crippen LogP contribution is 2.26. The maximum absolute atomic E-state index is 13.7. The van der Waals surface area contributed by atoms with Crippen molar-refractivity contribution in [2.75, 3.05) is 20.3 Å². The third-order valence-electron chi connectivity index (χ3n) is 5.74. The maximum atomic E-state index is 13.7. The highest BCUT2D eigenvalue weighted by molar-refractivity contribution is 5.94. The number of nitrogens with one attached hydrogen (secondary N) is 3. The summed E-state index contributed by atoms with van der Waals surface area (Å²) >= 11 is 0. The van der Waals surface area contributed by atoms with E-state index in [9.17, 15) is 24.3 Å². The molecular formula is C24H45N5O6. The van der Waals surface area contributed by atoms with Crippen molar-refractivity contribution in [3.05, 3.63) is 0 Å². The van der Waals surface area contributed by atoms with Gasteiger partial charge in [-0.15, -0.1) is 0 Å². The van der Waals surface area contributed by atoms with Gasteiger partial charge in [-0.25, -0.2) is 4.79 Å². The highest BCUT2D eigenvalue weighted by Gasteiger charge is 2.45. The van der Waals surface area contributed by atoms with E-state index in [-0.39, 0.29) is 31.3 Å². The Morgan fingerprint density at radius 2 is 1.63 bits per heavy atom. The molecule has 0 radical (unpaired) electrons. The van der Waals surface area contributed by atoms with E-state index < -0.39 is 47.0 Å². The first-order valence-corrected chi connectivity index (χ1v) is 12.1. The van der Waals surface area contributed by atoms with Gasteiger partial charge < -0.3 is 25.4 Å². The summed E-state index contributed by atoms with van der Waals surface area (Å²) in [6, 6.07) is -2.96. The van der Waals surface area contributed by atoms with Crippen molar-refractivity contribution in [3.63, 3.8) is 0 Å². The molecule has 1 fully saturated rings. The average molecular weight is 500 g/mol. The van der Waals surface area contributed by atoms with Gasteiger partial charge in [-0.1, -0.05) is 20.8 Å². The second kappa shape index (κ2) is 12.0. The van der Waals surface area contributed by atoms with Crippen molar-refractivity contribution in [1.82, 2.24) is 25.8 Å². The Morgan fingerprint density at radius 1 is 1.06 bits per heavy atom. The molecule has 0 aromatic heterocycles. The second-order valence-electron chi connectivity index (χ2n) is 11.5. The van der Waals surface area contributed by atoms with Crippen molar-refractivity contribution in [3.8, 4) is 0 Å². The van der Waals surface area contributed by atoms with E-state index >= 15 is 0 Å². The summed E-state index contributed by atoms with van der Waals surface area (Å²) in [7, 11) is 1.46. The molecule has 1 aliphatic heterocycles. The van der Waals surface area contributed by atoms with Crippen LogP contribution in [0.3, 0.4) is 0 Å². The smallest absolute Gasteiger partial charge is 0.410 e. The summed E-state index contributed by atoms with van der Waals surface area (Å²) in [6.07, 6.45) is -0.311. The summed E-state index contributed by atoms with van der Waals surface area (Å²) in [5.41, 5.74) is -1.40. The lowest BCUT2D eigenvalue weighted by atomic mass is 9.85. The predicted octanol–water partition coefficient (Wildman–Crippen LogP) is 0.806. The van der Waals surface area contributed by atoms with Crippen molar-refractivity contribution < 1.29 is 29.0 Å². The number of likely N-dealkylation sites (tertiary alicyclic amines) is 1. The fourth-order valence-corrected chi connectivity index (χ4v) is 3.73. The van der Waals surface area contributed by atoms with Crippen LogP contribution in [0.25, 0.3) is 0 Å². The Labute approximate surface area is 209 Å². The molecular weight excluding hydrogens is 454 g/mol. The molecule has 4 atom stereocenters. The molecule has 11 heteroatoms. The molecule has 0 aliphatic carbocycles. The predicted molar refractivity (Wildman–Crippen MR) is 132 cm³/mol. The van der Waals surface area contributed by atoms with Crippen molar-refractivity contribution in [2.24, 2.45) is 5.41 Å². The molecule has 0 unspecified atom stereocenters. The van der Waals surface area contributed by atoms with Crippen LogP contribution < -0.4 is 16.0 Å². The Morgan fingerprint density at radius 3 is 2.09 bits per heavy atom. The lowest BCUT2D eigenvalue weighted by Crippen LogP contribution is -2.60. The topological polar surface area (TPSA) is 140 Å². The number of likely N-dealkylation sites (N-methyl/N-ethyl adjacent to an activating group) is 1. The van der Waals surface area contributed by atoms with E-state index in [2.05, 4.69) is 16.0 Å². The van der Waals surface area contributed by atoms with Crippen LogP contribution in [0.15, 0.2) is 0 Å². The van der Waals surface area contributed by atoms with Crippen LogP contribution in [0.1, 0.15) is 68.7 Å². The maximum Gasteiger partial charge on any atom is 0.410 e. The fraction of sp³-hybridized carbons (Fsp3) is 0.833. The third kappa shape index (κ3) is 8.96. The van der Waals surface area contributed by atoms with E-state index in [1.165, 1.54) is 16.8 Å². The van der Waals surface area contributed by atoms with Gasteiger partial charge in [0.15, 0.2) is 0 Å². The molecule has 11 nitrogen and oxygen atoms in total. The van der Waals surface area contributed by atoms with Crippen LogP contribution in [0.5, 0.6) is 0 Å². The van der Waals surface area contributed by atoms with Crippen LogP contribution in [0, 0.1) is 5.41 Å². The minimum absolute atomic E-state index is 0.105. The third-order valence-corrected chi connectivity index (χ3v) is 5.74. The molecule has 0 spiro atoms. The van der Waals surface area contributed by atoms with E-state index in [1.807, 2.05) is 34.6 Å². The first-order valence-electron chi connectivity index (χ1n) is 12.1. The molecule has 0 bridgehead atoms. The molecule has 0 saturated carbocycles. The average Bonchev–Trinajstić information content (AvgIpc) is 3.12. The summed E-state index contributed by atoms with van der Waals surface area (Å²) in [4.78, 5) is 54.7. The fourth-order valence-electron chi connectivity index (χ4n) is 3.73. The number of aliphatic hydroxyl groups is 1. The number of hydrogen-bond acceptors (Lipinski definition) is 7. The number of amides is 4. The zero-order valence-electron chi connectivity index (χ0n) is 22.9. The minimum Gasteiger partial charge on any atom is -0.444 e. The molecule has 4 amide bonds. The number of hydrogen-bond donors (Lipinski definition) is 4. The monoisotopic (exact) mass is 499 g/mol. The second-order valence-corrected chi connectivity index (χ2v) is 11.5. The van der Waals surface area contributed by atoms with Gasteiger partial charge >= 0.3 is 6.09 Å². The number of carbonyl (C=O) groups excluding carboxylic acids is 4. The van der Waals surface area contributed by atoms with Gasteiger partial charge in [0.1, 0.15) is 23.7 Å². The highest BCUT2D eigenvalue weighted by atomic mass is 16.6. The van der Waals surface area contributed by atoms with Gasteiger partial charge in [0.25, 0.3) is 0 Å². The van der Waals surface area contributed by atoms with Crippen LogP contribution in [-0.2, 0) is 19.1 Å². The van der Waals surface area contributed by atoms with Crippen LogP contribution >= 0.6 is 0 Å². The van der Waals surface area contributed by atoms with E-state index in [0.717, 1.165) is 0 Å². The first-order chi connectivity index (χ1) is 15.9. The molecule has 1 saturated heterocycles. The summed E-state index contributed by atoms with van der Waals surface area (Å²) < 4.78 is 5.34. The number of ether oxygens (including phenoxy) is 1. The molecule has 0 aromatic carbocycles. The lowest BCUT2D eigenvalue weighted by Gasteiger charge is -2.37. The van der Waals surface area contributed by atoms with Crippen molar-refractivity contribution >= 4 is 23.8 Å². The standard InChI is InChI=1S/C24H45N5O6/c1-14(2)26-20(32)17-11-16(25-13-30)12-29(17)21(33)18(23(4,5)6)27-19(31)15(3)28(10)22(34)35-24(7,8)9/h14-18,25,30H,11-13H2,1-10H3,(H,26,32)(H,27,31)/t15-,16-,17-,18+/m0/s1. The van der Waals surface area contributed by atoms with Crippen LogP contribution in [-0.4, -0.2) is 94.9 Å². The molecule has 1 rings (SSSR count). The molecule has 202 valence electrons. The molecule has 35 heavy (non-hydrogen) atoms. The number of rotatable bonds is 8. The number of nitrogens with zero attached hydrogens (tertiary/aromatic N) is 2. The van der Waals surface area contributed by atoms with E-state index in [1.54, 1.807) is 27.7 Å². The Kier molecular flexibility index (Phi) is 10.5. The zero-order valence-corrected chi connectivity index (χ0v) is 22.9. The van der Waals surface area contributed by atoms with Crippen LogP contribution in [0.4, 0.5) is 4.79 Å². The van der Waals surface area contributed by atoms with Gasteiger partial charge in [-0.05, 0) is 53.4 Å². The molecule has 0 aromatic rings. The van der Waals surface area contributed by atoms with Gasteiger partial charge in [0.05, 0.1) is 6.73 Å². The Balaban J connectivity index is 3.12. The number of carbonyl (C=O) groups is 4. The first kappa shape index (κ1) is 30.6. The normalized spacial score (nSPS) is 20.3. The SMILES string of the molecule is CC(C)NC(=O)[C@@H]1C[C@H](NCO)CN1C(=O)[C@@H](NC(=O)[C@H](C)N(C)C(=O)OC(C)(C)C)C(C)(C)C. The Bertz CT molecular complexity index is 773. The minimum atomic E-state index is -0.952.